The van der Waals surface area contributed by atoms with E-state index in [0.29, 0.717) is 6.04 Å². The third-order valence-electron chi connectivity index (χ3n) is 3.57. The Bertz CT molecular complexity index is 375. The highest BCUT2D eigenvalue weighted by atomic mass is 19.1. The first kappa shape index (κ1) is 16.9. The molecule has 0 bridgehead atoms. The fraction of sp³-hybridized carbons (Fsp3) is 0.556. The molecular formula is C18H28FN. The van der Waals surface area contributed by atoms with E-state index in [-0.39, 0.29) is 5.82 Å². The molecular weight excluding hydrogens is 249 g/mol. The number of halogens is 1. The van der Waals surface area contributed by atoms with E-state index in [1.807, 2.05) is 18.2 Å². The smallest absolute Gasteiger partial charge is 0.126 e. The highest BCUT2D eigenvalue weighted by Gasteiger charge is 2.11. The Morgan fingerprint density at radius 2 is 2.05 bits per heavy atom. The maximum Gasteiger partial charge on any atom is 0.126 e. The Hall–Kier alpha value is -1.15. The minimum Gasteiger partial charge on any atom is -0.314 e. The van der Waals surface area contributed by atoms with Gasteiger partial charge in [-0.3, -0.25) is 0 Å². The van der Waals surface area contributed by atoms with Crippen molar-refractivity contribution >= 4 is 0 Å². The molecule has 0 aliphatic heterocycles. The largest absolute Gasteiger partial charge is 0.314 e. The molecule has 0 radical (unpaired) electrons. The van der Waals surface area contributed by atoms with Crippen LogP contribution in [0, 0.1) is 5.82 Å². The lowest BCUT2D eigenvalue weighted by molar-refractivity contribution is 0.447. The second-order valence-corrected chi connectivity index (χ2v) is 5.37. The van der Waals surface area contributed by atoms with Crippen LogP contribution in [-0.2, 0) is 6.42 Å². The summed E-state index contributed by atoms with van der Waals surface area (Å²) in [5, 5.41) is 3.55. The van der Waals surface area contributed by atoms with Gasteiger partial charge in [0.2, 0.25) is 0 Å². The average molecular weight is 277 g/mol. The zero-order valence-electron chi connectivity index (χ0n) is 12.7. The third-order valence-corrected chi connectivity index (χ3v) is 3.57. The van der Waals surface area contributed by atoms with Crippen LogP contribution in [0.1, 0.15) is 51.0 Å². The van der Waals surface area contributed by atoms with Gasteiger partial charge in [0.25, 0.3) is 0 Å². The van der Waals surface area contributed by atoms with Crippen LogP contribution in [0.4, 0.5) is 4.39 Å². The quantitative estimate of drug-likeness (QED) is 0.449. The zero-order valence-corrected chi connectivity index (χ0v) is 12.7. The molecule has 0 aromatic heterocycles. The van der Waals surface area contributed by atoms with E-state index in [1.54, 1.807) is 12.1 Å². The van der Waals surface area contributed by atoms with Crippen LogP contribution in [-0.4, -0.2) is 12.6 Å². The predicted molar refractivity (Wildman–Crippen MR) is 85.5 cm³/mol. The molecule has 0 saturated heterocycles. The first-order chi connectivity index (χ1) is 9.77. The second-order valence-electron chi connectivity index (χ2n) is 5.37. The molecule has 1 nitrogen and oxygen atoms in total. The van der Waals surface area contributed by atoms with E-state index in [9.17, 15) is 4.39 Å². The molecule has 0 aliphatic rings. The first-order valence-electron chi connectivity index (χ1n) is 7.85. The highest BCUT2D eigenvalue weighted by Crippen LogP contribution is 2.14. The third kappa shape index (κ3) is 6.85. The number of hydrogen-bond acceptors (Lipinski definition) is 1. The normalized spacial score (nSPS) is 12.3. The van der Waals surface area contributed by atoms with Gasteiger partial charge in [0.1, 0.15) is 5.82 Å². The lowest BCUT2D eigenvalue weighted by Gasteiger charge is -2.19. The number of hydrogen-bond donors (Lipinski definition) is 1. The van der Waals surface area contributed by atoms with E-state index in [0.717, 1.165) is 37.8 Å². The molecule has 0 spiro atoms. The Morgan fingerprint density at radius 1 is 1.25 bits per heavy atom. The highest BCUT2D eigenvalue weighted by molar-refractivity contribution is 5.18. The Labute approximate surface area is 123 Å². The van der Waals surface area contributed by atoms with Crippen LogP contribution in [0.15, 0.2) is 36.9 Å². The van der Waals surface area contributed by atoms with Gasteiger partial charge in [-0.25, -0.2) is 4.39 Å². The van der Waals surface area contributed by atoms with E-state index in [2.05, 4.69) is 18.8 Å². The summed E-state index contributed by atoms with van der Waals surface area (Å²) in [6.07, 6.45) is 9.73. The summed E-state index contributed by atoms with van der Waals surface area (Å²) in [6.45, 7) is 6.92. The van der Waals surface area contributed by atoms with Gasteiger partial charge in [0.15, 0.2) is 0 Å². The topological polar surface area (TPSA) is 12.0 Å². The van der Waals surface area contributed by atoms with Gasteiger partial charge < -0.3 is 5.32 Å². The summed E-state index contributed by atoms with van der Waals surface area (Å²) in [6, 6.07) is 7.50. The maximum absolute atomic E-state index is 13.7. The number of nitrogens with one attached hydrogen (secondary N) is 1. The summed E-state index contributed by atoms with van der Waals surface area (Å²) >= 11 is 0. The number of rotatable bonds is 11. The first-order valence-corrected chi connectivity index (χ1v) is 7.85. The number of unbranched alkanes of at least 4 members (excludes halogenated alkanes) is 3. The second kappa shape index (κ2) is 10.6. The van der Waals surface area contributed by atoms with Crippen LogP contribution < -0.4 is 5.32 Å². The Balaban J connectivity index is 2.42. The summed E-state index contributed by atoms with van der Waals surface area (Å²) in [7, 11) is 0. The average Bonchev–Trinajstić information content (AvgIpc) is 2.46. The van der Waals surface area contributed by atoms with Crippen LogP contribution in [0.2, 0.25) is 0 Å². The van der Waals surface area contributed by atoms with Crippen molar-refractivity contribution in [1.29, 1.82) is 0 Å². The molecule has 1 aromatic rings. The van der Waals surface area contributed by atoms with Gasteiger partial charge in [0.05, 0.1) is 0 Å². The monoisotopic (exact) mass is 277 g/mol. The number of benzene rings is 1. The van der Waals surface area contributed by atoms with E-state index >= 15 is 0 Å². The van der Waals surface area contributed by atoms with Crippen molar-refractivity contribution in [2.75, 3.05) is 6.54 Å². The summed E-state index contributed by atoms with van der Waals surface area (Å²) < 4.78 is 13.7. The van der Waals surface area contributed by atoms with Gasteiger partial charge in [0, 0.05) is 6.04 Å². The van der Waals surface area contributed by atoms with Crippen LogP contribution in [0.5, 0.6) is 0 Å². The molecule has 0 saturated carbocycles. The van der Waals surface area contributed by atoms with Gasteiger partial charge in [-0.15, -0.1) is 6.58 Å². The summed E-state index contributed by atoms with van der Waals surface area (Å²) in [5.74, 6) is -0.0811. The van der Waals surface area contributed by atoms with Gasteiger partial charge >= 0.3 is 0 Å². The minimum atomic E-state index is -0.0811. The summed E-state index contributed by atoms with van der Waals surface area (Å²) in [5.41, 5.74) is 0.826. The molecule has 1 unspecified atom stereocenters. The summed E-state index contributed by atoms with van der Waals surface area (Å²) in [4.78, 5) is 0. The molecule has 1 atom stereocenters. The molecule has 1 N–H and O–H groups in total. The van der Waals surface area contributed by atoms with Gasteiger partial charge in [-0.1, -0.05) is 44.0 Å². The van der Waals surface area contributed by atoms with Crippen molar-refractivity contribution in [2.24, 2.45) is 0 Å². The van der Waals surface area contributed by atoms with E-state index in [1.165, 1.54) is 19.3 Å². The molecule has 20 heavy (non-hydrogen) atoms. The maximum atomic E-state index is 13.7. The zero-order chi connectivity index (χ0) is 14.6. The SMILES string of the molecule is C=CCCCCCC(Cc1ccccc1F)NCCC. The van der Waals surface area contributed by atoms with Crippen molar-refractivity contribution in [3.63, 3.8) is 0 Å². The van der Waals surface area contributed by atoms with E-state index < -0.39 is 0 Å². The van der Waals surface area contributed by atoms with Crippen LogP contribution >= 0.6 is 0 Å². The molecule has 2 heteroatoms. The lowest BCUT2D eigenvalue weighted by Crippen LogP contribution is -2.32. The predicted octanol–water partition coefficient (Wildman–Crippen LogP) is 4.87. The van der Waals surface area contributed by atoms with Crippen molar-refractivity contribution in [1.82, 2.24) is 5.32 Å². The van der Waals surface area contributed by atoms with Crippen molar-refractivity contribution < 1.29 is 4.39 Å². The Morgan fingerprint density at radius 3 is 2.75 bits per heavy atom. The molecule has 1 aromatic carbocycles. The molecule has 112 valence electrons. The molecule has 0 fully saturated rings. The van der Waals surface area contributed by atoms with Crippen LogP contribution in [0.25, 0.3) is 0 Å². The fourth-order valence-electron chi connectivity index (χ4n) is 2.41. The van der Waals surface area contributed by atoms with Crippen molar-refractivity contribution in [2.45, 2.75) is 57.9 Å². The fourth-order valence-corrected chi connectivity index (χ4v) is 2.41. The van der Waals surface area contributed by atoms with Gasteiger partial charge in [-0.2, -0.15) is 0 Å². The van der Waals surface area contributed by atoms with Crippen molar-refractivity contribution in [3.8, 4) is 0 Å². The van der Waals surface area contributed by atoms with Gasteiger partial charge in [-0.05, 0) is 50.3 Å². The minimum absolute atomic E-state index is 0.0811. The Kier molecular flexibility index (Phi) is 8.97. The molecule has 1 rings (SSSR count). The molecule has 0 amide bonds. The number of allylic oxidation sites excluding steroid dienone is 1. The van der Waals surface area contributed by atoms with Crippen molar-refractivity contribution in [3.05, 3.63) is 48.3 Å². The standard InChI is InChI=1S/C18H28FN/c1-3-5-6-7-8-12-17(20-14-4-2)15-16-11-9-10-13-18(16)19/h3,9-11,13,17,20H,1,4-8,12,14-15H2,2H3. The molecule has 0 heterocycles. The van der Waals surface area contributed by atoms with E-state index in [4.69, 9.17) is 0 Å². The van der Waals surface area contributed by atoms with Crippen LogP contribution in [0.3, 0.4) is 0 Å². The lowest BCUT2D eigenvalue weighted by atomic mass is 9.99. The molecule has 0 aliphatic carbocycles.